The van der Waals surface area contributed by atoms with Crippen LogP contribution in [0.15, 0.2) is 85.2 Å². The number of aromatic nitrogens is 5. The Morgan fingerprint density at radius 3 is 2.39 bits per heavy atom. The lowest BCUT2D eigenvalue weighted by atomic mass is 9.47. The van der Waals surface area contributed by atoms with Crippen LogP contribution in [0.3, 0.4) is 0 Å². The molecule has 8 rings (SSSR count). The van der Waals surface area contributed by atoms with Crippen LogP contribution in [0.25, 0.3) is 22.5 Å². The highest BCUT2D eigenvalue weighted by atomic mass is 16.2. The van der Waals surface area contributed by atoms with Gasteiger partial charge in [-0.2, -0.15) is 20.4 Å². The number of nitrogens with one attached hydrogen (secondary N) is 3. The van der Waals surface area contributed by atoms with Crippen LogP contribution in [0, 0.1) is 16.7 Å². The Labute approximate surface area is 218 Å². The van der Waals surface area contributed by atoms with Gasteiger partial charge in [-0.25, -0.2) is 5.10 Å². The molecule has 8 heteroatoms. The quantitative estimate of drug-likeness (QED) is 0.316. The number of carbonyl (C=O) groups excluding carboxylic acids is 1. The van der Waals surface area contributed by atoms with Crippen molar-refractivity contribution in [3.63, 3.8) is 0 Å². The van der Waals surface area contributed by atoms with Gasteiger partial charge in [-0.15, -0.1) is 0 Å². The number of anilines is 1. The second-order valence-electron chi connectivity index (χ2n) is 10.2. The minimum absolute atomic E-state index is 0.181. The van der Waals surface area contributed by atoms with Crippen molar-refractivity contribution in [3.05, 3.63) is 107 Å². The predicted molar refractivity (Wildman–Crippen MR) is 142 cm³/mol. The number of nitrogens with zero attached hydrogens (tertiary/aromatic N) is 4. The number of H-pyrrole nitrogens is 2. The first kappa shape index (κ1) is 22.2. The molecule has 3 aliphatic rings. The first-order chi connectivity index (χ1) is 18.5. The summed E-state index contributed by atoms with van der Waals surface area (Å²) >= 11 is 0. The van der Waals surface area contributed by atoms with E-state index in [9.17, 15) is 10.1 Å². The molecule has 3 aliphatic carbocycles. The molecule has 3 aromatic carbocycles. The maximum absolute atomic E-state index is 14.0. The van der Waals surface area contributed by atoms with Crippen LogP contribution in [0.1, 0.15) is 41.5 Å². The van der Waals surface area contributed by atoms with Gasteiger partial charge in [-0.3, -0.25) is 15.2 Å². The van der Waals surface area contributed by atoms with Crippen molar-refractivity contribution in [3.8, 4) is 28.6 Å². The predicted octanol–water partition coefficient (Wildman–Crippen LogP) is 5.17. The highest BCUT2D eigenvalue weighted by molar-refractivity contribution is 5.96. The summed E-state index contributed by atoms with van der Waals surface area (Å²) in [5, 5.41) is 27.6. The zero-order chi connectivity index (χ0) is 25.9. The molecule has 0 radical (unpaired) electrons. The summed E-state index contributed by atoms with van der Waals surface area (Å²) in [5.41, 5.74) is 5.05. The number of carbonyl (C=O) groups is 1. The number of rotatable bonds is 4. The van der Waals surface area contributed by atoms with Gasteiger partial charge in [0.1, 0.15) is 5.41 Å². The number of aromatic amines is 2. The van der Waals surface area contributed by atoms with E-state index in [-0.39, 0.29) is 17.8 Å². The van der Waals surface area contributed by atoms with Gasteiger partial charge in [0.25, 0.3) is 0 Å². The summed E-state index contributed by atoms with van der Waals surface area (Å²) in [5.74, 6) is 0.374. The second kappa shape index (κ2) is 7.98. The number of benzene rings is 3. The summed E-state index contributed by atoms with van der Waals surface area (Å²) in [7, 11) is 0. The van der Waals surface area contributed by atoms with Gasteiger partial charge in [0.15, 0.2) is 5.82 Å². The molecule has 38 heavy (non-hydrogen) atoms. The van der Waals surface area contributed by atoms with Crippen LogP contribution in [0.5, 0.6) is 0 Å². The van der Waals surface area contributed by atoms with Gasteiger partial charge >= 0.3 is 0 Å². The highest BCUT2D eigenvalue weighted by Gasteiger charge is 2.61. The van der Waals surface area contributed by atoms with Crippen molar-refractivity contribution in [1.29, 1.82) is 5.26 Å². The SMILES string of the molecule is CC1(C(=O)Nc2nc(-c3cccc(-c4cn[nH]c4)c3)n[nH]2)CC2(C#N)c3ccccc3C1c1ccccc12. The topological polar surface area (TPSA) is 123 Å². The van der Waals surface area contributed by atoms with Gasteiger partial charge in [-0.05, 0) is 47.2 Å². The Bertz CT molecular complexity index is 1700. The summed E-state index contributed by atoms with van der Waals surface area (Å²) in [6.07, 6.45) is 3.96. The van der Waals surface area contributed by atoms with Gasteiger partial charge in [0.05, 0.1) is 17.7 Å². The number of amides is 1. The van der Waals surface area contributed by atoms with Gasteiger partial charge in [-0.1, -0.05) is 66.7 Å². The molecule has 0 saturated carbocycles. The third-order valence-corrected chi connectivity index (χ3v) is 8.11. The molecular formula is C30H23N7O. The first-order valence-electron chi connectivity index (χ1n) is 12.5. The standard InChI is InChI=1S/C30H23N7O/c1-29(16-30(17-31)23-11-4-2-9-21(23)25(29)22-10-3-5-12-24(22)30)27(38)35-28-34-26(36-37-28)19-8-6-7-18(13-19)20-14-32-33-15-20/h2-15,25H,16H2,1H3,(H,32,33)(H2,34,35,36,37,38). The van der Waals surface area contributed by atoms with Crippen molar-refractivity contribution in [2.45, 2.75) is 24.7 Å². The van der Waals surface area contributed by atoms with Crippen molar-refractivity contribution in [1.82, 2.24) is 25.4 Å². The number of nitriles is 1. The molecule has 0 aliphatic heterocycles. The lowest BCUT2D eigenvalue weighted by molar-refractivity contribution is -0.127. The monoisotopic (exact) mass is 497 g/mol. The van der Waals surface area contributed by atoms with E-state index in [1.54, 1.807) is 6.20 Å². The van der Waals surface area contributed by atoms with Crippen molar-refractivity contribution in [2.75, 3.05) is 5.32 Å². The van der Waals surface area contributed by atoms with Crippen LogP contribution < -0.4 is 5.32 Å². The molecule has 0 fully saturated rings. The fourth-order valence-corrected chi connectivity index (χ4v) is 6.43. The van der Waals surface area contributed by atoms with Crippen molar-refractivity contribution >= 4 is 11.9 Å². The average Bonchev–Trinajstić information content (AvgIpc) is 3.66. The third-order valence-electron chi connectivity index (χ3n) is 8.11. The average molecular weight is 498 g/mol. The molecule has 0 saturated heterocycles. The van der Waals surface area contributed by atoms with Crippen LogP contribution in [0.4, 0.5) is 5.95 Å². The Morgan fingerprint density at radius 2 is 1.71 bits per heavy atom. The fourth-order valence-electron chi connectivity index (χ4n) is 6.43. The normalized spacial score (nSPS) is 22.8. The second-order valence-corrected chi connectivity index (χ2v) is 10.2. The van der Waals surface area contributed by atoms with E-state index in [1.165, 1.54) is 0 Å². The summed E-state index contributed by atoms with van der Waals surface area (Å²) in [6.45, 7) is 1.95. The van der Waals surface area contributed by atoms with Gasteiger partial charge < -0.3 is 0 Å². The lowest BCUT2D eigenvalue weighted by Crippen LogP contribution is -2.53. The van der Waals surface area contributed by atoms with E-state index < -0.39 is 10.8 Å². The molecule has 5 aromatic rings. The van der Waals surface area contributed by atoms with E-state index >= 15 is 0 Å². The molecule has 2 aromatic heterocycles. The van der Waals surface area contributed by atoms with Crippen LogP contribution >= 0.6 is 0 Å². The number of hydrogen-bond acceptors (Lipinski definition) is 5. The lowest BCUT2D eigenvalue weighted by Gasteiger charge is -2.54. The van der Waals surface area contributed by atoms with E-state index in [1.807, 2.05) is 85.9 Å². The van der Waals surface area contributed by atoms with Crippen LogP contribution in [-0.4, -0.2) is 31.3 Å². The molecule has 3 N–H and O–H groups in total. The molecule has 2 heterocycles. The molecule has 1 unspecified atom stereocenters. The Hall–Kier alpha value is -5.03. The maximum Gasteiger partial charge on any atom is 0.233 e. The summed E-state index contributed by atoms with van der Waals surface area (Å²) in [6, 6.07) is 26.5. The van der Waals surface area contributed by atoms with Crippen molar-refractivity contribution < 1.29 is 4.79 Å². The van der Waals surface area contributed by atoms with Gasteiger partial charge in [0.2, 0.25) is 11.9 Å². The molecular weight excluding hydrogens is 474 g/mol. The third kappa shape index (κ3) is 3.02. The maximum atomic E-state index is 14.0. The van der Waals surface area contributed by atoms with Crippen LogP contribution in [-0.2, 0) is 10.2 Å². The molecule has 184 valence electrons. The minimum Gasteiger partial charge on any atom is -0.294 e. The summed E-state index contributed by atoms with van der Waals surface area (Å²) < 4.78 is 0. The minimum atomic E-state index is -0.895. The van der Waals surface area contributed by atoms with E-state index in [0.29, 0.717) is 12.2 Å². The first-order valence-corrected chi connectivity index (χ1v) is 12.5. The van der Waals surface area contributed by atoms with Crippen molar-refractivity contribution in [2.24, 2.45) is 5.41 Å². The van der Waals surface area contributed by atoms with Crippen LogP contribution in [0.2, 0.25) is 0 Å². The summed E-state index contributed by atoms with van der Waals surface area (Å²) in [4.78, 5) is 18.6. The molecule has 2 bridgehead atoms. The number of hydrogen-bond donors (Lipinski definition) is 3. The molecule has 0 spiro atoms. The highest BCUT2D eigenvalue weighted by Crippen LogP contribution is 2.63. The molecule has 1 amide bonds. The molecule has 8 nitrogen and oxygen atoms in total. The number of fused-ring (bicyclic) bond motifs is 1. The van der Waals surface area contributed by atoms with E-state index in [0.717, 1.165) is 38.9 Å². The smallest absolute Gasteiger partial charge is 0.233 e. The Morgan fingerprint density at radius 1 is 1.00 bits per heavy atom. The van der Waals surface area contributed by atoms with Gasteiger partial charge in [0, 0.05) is 23.2 Å². The zero-order valence-corrected chi connectivity index (χ0v) is 20.6. The Kier molecular flexibility index (Phi) is 4.66. The van der Waals surface area contributed by atoms with E-state index in [4.69, 9.17) is 0 Å². The Balaban J connectivity index is 1.24. The molecule has 1 atom stereocenters. The fraction of sp³-hybridized carbons (Fsp3) is 0.167. The van der Waals surface area contributed by atoms with E-state index in [2.05, 4.69) is 36.8 Å². The zero-order valence-electron chi connectivity index (χ0n) is 20.6. The largest absolute Gasteiger partial charge is 0.294 e.